The topological polar surface area (TPSA) is 96.5 Å². The van der Waals surface area contributed by atoms with Gasteiger partial charge >= 0.3 is 0 Å². The zero-order chi connectivity index (χ0) is 13.8. The van der Waals surface area contributed by atoms with Crippen LogP contribution in [-0.4, -0.2) is 29.3 Å². The van der Waals surface area contributed by atoms with Crippen LogP contribution in [0, 0.1) is 0 Å². The fourth-order valence-electron chi connectivity index (χ4n) is 1.52. The van der Waals surface area contributed by atoms with Crippen molar-refractivity contribution in [2.45, 2.75) is 0 Å². The molecule has 0 fully saturated rings. The van der Waals surface area contributed by atoms with E-state index in [0.717, 1.165) is 6.07 Å². The summed E-state index contributed by atoms with van der Waals surface area (Å²) in [7, 11) is 3.07. The molecule has 2 rings (SSSR count). The van der Waals surface area contributed by atoms with Crippen LogP contribution in [0.2, 0.25) is 0 Å². The average Bonchev–Trinajstić information content (AvgIpc) is 2.37. The highest BCUT2D eigenvalue weighted by atomic mass is 16.5. The summed E-state index contributed by atoms with van der Waals surface area (Å²) in [6.45, 7) is 0. The molecule has 7 nitrogen and oxygen atoms in total. The van der Waals surface area contributed by atoms with E-state index in [0.29, 0.717) is 17.2 Å². The van der Waals surface area contributed by atoms with Crippen molar-refractivity contribution in [3.63, 3.8) is 0 Å². The molecule has 0 amide bonds. The Morgan fingerprint density at radius 3 is 2.32 bits per heavy atom. The van der Waals surface area contributed by atoms with Gasteiger partial charge in [-0.3, -0.25) is 9.78 Å². The number of rotatable bonds is 4. The number of hydrogen-bond acceptors (Lipinski definition) is 6. The summed E-state index contributed by atoms with van der Waals surface area (Å²) in [5, 5.41) is 12.1. The van der Waals surface area contributed by atoms with Gasteiger partial charge in [-0.15, -0.1) is 0 Å². The van der Waals surface area contributed by atoms with Crippen molar-refractivity contribution in [2.75, 3.05) is 19.5 Å². The highest BCUT2D eigenvalue weighted by Gasteiger charge is 2.04. The normalized spacial score (nSPS) is 10.0. The summed E-state index contributed by atoms with van der Waals surface area (Å²) in [4.78, 5) is 17.4. The van der Waals surface area contributed by atoms with Crippen molar-refractivity contribution in [1.82, 2.24) is 9.97 Å². The molecule has 2 aromatic rings. The van der Waals surface area contributed by atoms with Gasteiger partial charge in [-0.25, -0.2) is 0 Å². The molecule has 1 aromatic carbocycles. The highest BCUT2D eigenvalue weighted by Crippen LogP contribution is 2.27. The number of aromatic nitrogens is 2. The number of benzene rings is 1. The lowest BCUT2D eigenvalue weighted by atomic mass is 10.3. The lowest BCUT2D eigenvalue weighted by molar-refractivity contribution is 0.395. The molecule has 0 unspecified atom stereocenters. The van der Waals surface area contributed by atoms with Crippen LogP contribution in [0.1, 0.15) is 0 Å². The molecule has 0 aliphatic heterocycles. The molecule has 1 aromatic heterocycles. The Balaban J connectivity index is 2.34. The Hall–Kier alpha value is -2.70. The zero-order valence-electron chi connectivity index (χ0n) is 10.4. The van der Waals surface area contributed by atoms with E-state index in [4.69, 9.17) is 9.47 Å². The third-order valence-corrected chi connectivity index (χ3v) is 2.34. The quantitative estimate of drug-likeness (QED) is 0.768. The predicted molar refractivity (Wildman–Crippen MR) is 69.4 cm³/mol. The molecule has 19 heavy (non-hydrogen) atoms. The monoisotopic (exact) mass is 263 g/mol. The fourth-order valence-corrected chi connectivity index (χ4v) is 1.52. The highest BCUT2D eigenvalue weighted by molar-refractivity contribution is 5.59. The maximum absolute atomic E-state index is 11.2. The number of aromatic amines is 1. The molecule has 0 spiro atoms. The number of hydrogen-bond donors (Lipinski definition) is 3. The van der Waals surface area contributed by atoms with E-state index in [9.17, 15) is 9.90 Å². The second-order valence-corrected chi connectivity index (χ2v) is 3.68. The Morgan fingerprint density at radius 1 is 1.16 bits per heavy atom. The van der Waals surface area contributed by atoms with E-state index in [1.165, 1.54) is 14.2 Å². The Morgan fingerprint density at radius 2 is 1.79 bits per heavy atom. The smallest absolute Gasteiger partial charge is 0.256 e. The molecule has 3 N–H and O–H groups in total. The first kappa shape index (κ1) is 12.7. The summed E-state index contributed by atoms with van der Waals surface area (Å²) in [5.74, 6) is 0.940. The van der Waals surface area contributed by atoms with Crippen LogP contribution in [0.25, 0.3) is 0 Å². The van der Waals surface area contributed by atoms with Crippen LogP contribution in [-0.2, 0) is 0 Å². The minimum atomic E-state index is -0.454. The number of ether oxygens (including phenoxy) is 2. The second kappa shape index (κ2) is 5.30. The van der Waals surface area contributed by atoms with Gasteiger partial charge in [0.1, 0.15) is 11.5 Å². The van der Waals surface area contributed by atoms with Crippen molar-refractivity contribution in [2.24, 2.45) is 0 Å². The number of anilines is 2. The predicted octanol–water partition coefficient (Wildman–Crippen LogP) is 1.24. The van der Waals surface area contributed by atoms with E-state index in [-0.39, 0.29) is 11.8 Å². The first-order valence-electron chi connectivity index (χ1n) is 5.41. The first-order valence-corrected chi connectivity index (χ1v) is 5.41. The maximum Gasteiger partial charge on any atom is 0.256 e. The van der Waals surface area contributed by atoms with Gasteiger partial charge in [0.2, 0.25) is 11.8 Å². The van der Waals surface area contributed by atoms with E-state index >= 15 is 0 Å². The van der Waals surface area contributed by atoms with Gasteiger partial charge in [0.15, 0.2) is 0 Å². The minimum Gasteiger partial charge on any atom is -0.497 e. The van der Waals surface area contributed by atoms with E-state index in [1.807, 2.05) is 0 Å². The number of H-pyrrole nitrogens is 1. The minimum absolute atomic E-state index is 0.125. The van der Waals surface area contributed by atoms with Gasteiger partial charge in [-0.2, -0.15) is 4.98 Å². The number of nitrogens with zero attached hydrogens (tertiary/aromatic N) is 1. The van der Waals surface area contributed by atoms with Crippen LogP contribution in [0.3, 0.4) is 0 Å². The Labute approximate surface area is 108 Å². The maximum atomic E-state index is 11.2. The Bertz CT molecular complexity index is 617. The van der Waals surface area contributed by atoms with Crippen LogP contribution >= 0.6 is 0 Å². The molecule has 0 aliphatic carbocycles. The summed E-state index contributed by atoms with van der Waals surface area (Å²) < 4.78 is 10.2. The molecule has 1 heterocycles. The van der Waals surface area contributed by atoms with Gasteiger partial charge in [0.05, 0.1) is 20.3 Å². The molecule has 7 heteroatoms. The molecule has 0 saturated carbocycles. The standard InChI is InChI=1S/C12H13N3O4/c1-18-8-3-7(4-9(5-8)19-2)13-12-14-10(16)6-11(17)15-12/h3-6H,1-2H3,(H3,13,14,15,16,17). The number of aromatic hydroxyl groups is 1. The van der Waals surface area contributed by atoms with Gasteiger partial charge in [0, 0.05) is 23.9 Å². The van der Waals surface area contributed by atoms with Crippen molar-refractivity contribution in [1.29, 1.82) is 0 Å². The summed E-state index contributed by atoms with van der Waals surface area (Å²) in [6.07, 6.45) is 0. The molecular formula is C12H13N3O4. The Kier molecular flexibility index (Phi) is 3.56. The van der Waals surface area contributed by atoms with Crippen LogP contribution < -0.4 is 20.3 Å². The molecule has 0 saturated heterocycles. The van der Waals surface area contributed by atoms with Crippen molar-refractivity contribution in [3.8, 4) is 17.4 Å². The molecular weight excluding hydrogens is 250 g/mol. The van der Waals surface area contributed by atoms with Crippen molar-refractivity contribution >= 4 is 11.6 Å². The summed E-state index contributed by atoms with van der Waals surface area (Å²) >= 11 is 0. The van der Waals surface area contributed by atoms with E-state index < -0.39 is 5.56 Å². The van der Waals surface area contributed by atoms with Gasteiger partial charge < -0.3 is 19.9 Å². The fraction of sp³-hybridized carbons (Fsp3) is 0.167. The largest absolute Gasteiger partial charge is 0.497 e. The first-order chi connectivity index (χ1) is 9.10. The molecule has 0 radical (unpaired) electrons. The lowest BCUT2D eigenvalue weighted by Gasteiger charge is -2.09. The van der Waals surface area contributed by atoms with Crippen molar-refractivity contribution in [3.05, 3.63) is 34.6 Å². The third kappa shape index (κ3) is 3.15. The van der Waals surface area contributed by atoms with Crippen LogP contribution in [0.15, 0.2) is 29.1 Å². The van der Waals surface area contributed by atoms with E-state index in [2.05, 4.69) is 15.3 Å². The third-order valence-electron chi connectivity index (χ3n) is 2.34. The molecule has 0 aliphatic rings. The van der Waals surface area contributed by atoms with Gasteiger partial charge in [-0.05, 0) is 0 Å². The molecule has 0 atom stereocenters. The van der Waals surface area contributed by atoms with Gasteiger partial charge in [0.25, 0.3) is 5.56 Å². The second-order valence-electron chi connectivity index (χ2n) is 3.68. The number of nitrogens with one attached hydrogen (secondary N) is 2. The molecule has 100 valence electrons. The zero-order valence-corrected chi connectivity index (χ0v) is 10.4. The average molecular weight is 263 g/mol. The summed E-state index contributed by atoms with van der Waals surface area (Å²) in [6, 6.07) is 6.10. The van der Waals surface area contributed by atoms with Gasteiger partial charge in [-0.1, -0.05) is 0 Å². The lowest BCUT2D eigenvalue weighted by Crippen LogP contribution is -2.08. The molecule has 0 bridgehead atoms. The van der Waals surface area contributed by atoms with Crippen LogP contribution in [0.5, 0.6) is 17.4 Å². The van der Waals surface area contributed by atoms with E-state index in [1.54, 1.807) is 18.2 Å². The summed E-state index contributed by atoms with van der Waals surface area (Å²) in [5.41, 5.74) is 0.148. The SMILES string of the molecule is COc1cc(Nc2nc(O)cc(=O)[nH]2)cc(OC)c1. The van der Waals surface area contributed by atoms with Crippen LogP contribution in [0.4, 0.5) is 11.6 Å². The number of methoxy groups -OCH3 is 2. The van der Waals surface area contributed by atoms with Crippen molar-refractivity contribution < 1.29 is 14.6 Å².